The molecule has 118 valence electrons. The second-order valence-corrected chi connectivity index (χ2v) is 7.11. The lowest BCUT2D eigenvalue weighted by molar-refractivity contribution is 0.0707. The second kappa shape index (κ2) is 16.3. The molecule has 2 N–H and O–H groups in total. The summed E-state index contributed by atoms with van der Waals surface area (Å²) < 4.78 is 21.8. The van der Waals surface area contributed by atoms with E-state index in [1.165, 1.54) is 0 Å². The summed E-state index contributed by atoms with van der Waals surface area (Å²) in [5.74, 6) is 0. The largest absolute Gasteiger partial charge is 0.500 e. The first kappa shape index (κ1) is 21.5. The van der Waals surface area contributed by atoms with Gasteiger partial charge >= 0.3 is 8.80 Å². The van der Waals surface area contributed by atoms with Gasteiger partial charge in [-0.05, 0) is 47.1 Å². The van der Waals surface area contributed by atoms with Crippen molar-refractivity contribution in [2.45, 2.75) is 46.6 Å². The molecule has 0 spiro atoms. The Labute approximate surface area is 123 Å². The molecule has 0 aromatic heterocycles. The van der Waals surface area contributed by atoms with Crippen molar-refractivity contribution in [1.29, 1.82) is 0 Å². The maximum atomic E-state index is 5.71. The van der Waals surface area contributed by atoms with Gasteiger partial charge in [-0.1, -0.05) is 0 Å². The number of hydrogen-bond acceptors (Lipinski definition) is 5. The van der Waals surface area contributed by atoms with E-state index < -0.39 is 8.80 Å². The van der Waals surface area contributed by atoms with Gasteiger partial charge in [0.25, 0.3) is 0 Å². The molecule has 0 saturated carbocycles. The van der Waals surface area contributed by atoms with E-state index in [-0.39, 0.29) is 0 Å². The van der Waals surface area contributed by atoms with Crippen LogP contribution < -0.4 is 5.73 Å². The summed E-state index contributed by atoms with van der Waals surface area (Å²) in [5, 5.41) is 0. The molecule has 0 bridgehead atoms. The third-order valence-electron chi connectivity index (χ3n) is 2.32. The molecule has 19 heavy (non-hydrogen) atoms. The van der Waals surface area contributed by atoms with Crippen molar-refractivity contribution in [3.8, 4) is 0 Å². The van der Waals surface area contributed by atoms with Gasteiger partial charge in [0.05, 0.1) is 0 Å². The van der Waals surface area contributed by atoms with Gasteiger partial charge in [0.15, 0.2) is 0 Å². The molecule has 0 aliphatic rings. The Bertz CT molecular complexity index is 157. The Balaban J connectivity index is 0. The minimum atomic E-state index is -2.39. The summed E-state index contributed by atoms with van der Waals surface area (Å²) in [4.78, 5) is 0. The lowest BCUT2D eigenvalue weighted by Crippen LogP contribution is -2.45. The van der Waals surface area contributed by atoms with E-state index in [2.05, 4.69) is 4.43 Å². The smallest absolute Gasteiger partial charge is 0.428 e. The SMILES string of the molecule is CCO[SiH3].CCO[Si](CCCCN)(OCC)OCC. The van der Waals surface area contributed by atoms with Crippen LogP contribution in [0.5, 0.6) is 0 Å². The van der Waals surface area contributed by atoms with Crippen LogP contribution in [0, 0.1) is 0 Å². The maximum absolute atomic E-state index is 5.71. The van der Waals surface area contributed by atoms with Crippen LogP contribution in [0.3, 0.4) is 0 Å². The molecular formula is C12H33NO4Si2. The highest BCUT2D eigenvalue weighted by Gasteiger charge is 2.39. The van der Waals surface area contributed by atoms with Crippen molar-refractivity contribution in [3.63, 3.8) is 0 Å². The molecule has 0 rings (SSSR count). The average molecular weight is 312 g/mol. The van der Waals surface area contributed by atoms with Crippen molar-refractivity contribution < 1.29 is 17.7 Å². The molecule has 7 heteroatoms. The first-order valence-corrected chi connectivity index (χ1v) is 10.0. The van der Waals surface area contributed by atoms with Gasteiger partial charge in [0.1, 0.15) is 10.5 Å². The highest BCUT2D eigenvalue weighted by molar-refractivity contribution is 6.60. The summed E-state index contributed by atoms with van der Waals surface area (Å²) in [6.45, 7) is 11.5. The predicted octanol–water partition coefficient (Wildman–Crippen LogP) is 1.08. The summed E-state index contributed by atoms with van der Waals surface area (Å²) in [6, 6.07) is 0.875. The van der Waals surface area contributed by atoms with Crippen LogP contribution in [0.1, 0.15) is 40.5 Å². The van der Waals surface area contributed by atoms with Gasteiger partial charge in [-0.25, -0.2) is 0 Å². The molecule has 0 saturated heterocycles. The van der Waals surface area contributed by atoms with E-state index in [0.717, 1.165) is 42.5 Å². The molecule has 0 amide bonds. The fraction of sp³-hybridized carbons (Fsp3) is 1.00. The fourth-order valence-electron chi connectivity index (χ4n) is 1.49. The van der Waals surface area contributed by atoms with Crippen molar-refractivity contribution in [3.05, 3.63) is 0 Å². The van der Waals surface area contributed by atoms with Gasteiger partial charge in [-0.15, -0.1) is 0 Å². The molecule has 0 fully saturated rings. The van der Waals surface area contributed by atoms with E-state index in [1.807, 2.05) is 27.7 Å². The standard InChI is InChI=1S/C10H25NO3Si.C2H8OSi/c1-4-12-15(13-5-2,14-6-3)10-8-7-9-11;1-2-3-4/h4-11H2,1-3H3;2H2,1,4H3. The van der Waals surface area contributed by atoms with Gasteiger partial charge in [-0.3, -0.25) is 0 Å². The number of unbranched alkanes of at least 4 members (excludes halogenated alkanes) is 1. The van der Waals surface area contributed by atoms with Crippen molar-refractivity contribution in [2.75, 3.05) is 33.0 Å². The first-order chi connectivity index (χ1) is 9.16. The molecule has 0 radical (unpaired) electrons. The zero-order chi connectivity index (χ0) is 15.0. The van der Waals surface area contributed by atoms with Crippen LogP contribution in [-0.2, 0) is 17.7 Å². The fourth-order valence-corrected chi connectivity index (χ4v) is 4.17. The molecule has 0 aliphatic carbocycles. The van der Waals surface area contributed by atoms with Gasteiger partial charge in [0.2, 0.25) is 0 Å². The first-order valence-electron chi connectivity index (χ1n) is 7.27. The molecule has 0 aromatic carbocycles. The molecule has 0 heterocycles. The van der Waals surface area contributed by atoms with E-state index in [1.54, 1.807) is 0 Å². The minimum absolute atomic E-state index is 0.648. The third-order valence-corrected chi connectivity index (χ3v) is 6.05. The zero-order valence-corrected chi connectivity index (χ0v) is 16.4. The number of rotatable bonds is 11. The predicted molar refractivity (Wildman–Crippen MR) is 85.3 cm³/mol. The molecular weight excluding hydrogens is 278 g/mol. The molecule has 0 atom stereocenters. The van der Waals surface area contributed by atoms with Gasteiger partial charge in [-0.2, -0.15) is 0 Å². The zero-order valence-electron chi connectivity index (χ0n) is 13.4. The van der Waals surface area contributed by atoms with Crippen molar-refractivity contribution >= 4 is 19.3 Å². The normalized spacial score (nSPS) is 11.2. The topological polar surface area (TPSA) is 62.9 Å². The Morgan fingerprint density at radius 2 is 1.26 bits per heavy atom. The molecule has 5 nitrogen and oxygen atoms in total. The van der Waals surface area contributed by atoms with Crippen molar-refractivity contribution in [2.24, 2.45) is 5.73 Å². The average Bonchev–Trinajstić information content (AvgIpc) is 2.40. The monoisotopic (exact) mass is 311 g/mol. The maximum Gasteiger partial charge on any atom is 0.500 e. The highest BCUT2D eigenvalue weighted by Crippen LogP contribution is 2.18. The Morgan fingerprint density at radius 3 is 1.53 bits per heavy atom. The molecule has 0 aromatic rings. The Morgan fingerprint density at radius 1 is 0.842 bits per heavy atom. The van der Waals surface area contributed by atoms with Crippen LogP contribution in [-0.4, -0.2) is 52.3 Å². The quantitative estimate of drug-likeness (QED) is 0.457. The van der Waals surface area contributed by atoms with E-state index >= 15 is 0 Å². The van der Waals surface area contributed by atoms with Crippen LogP contribution in [0.25, 0.3) is 0 Å². The van der Waals surface area contributed by atoms with Gasteiger partial charge in [0, 0.05) is 32.5 Å². The van der Waals surface area contributed by atoms with Crippen LogP contribution in [0.15, 0.2) is 0 Å². The summed E-state index contributed by atoms with van der Waals surface area (Å²) in [7, 11) is -1.50. The Kier molecular flexibility index (Phi) is 18.5. The second-order valence-electron chi connectivity index (χ2n) is 3.81. The molecule has 0 unspecified atom stereocenters. The summed E-state index contributed by atoms with van der Waals surface area (Å²) in [5.41, 5.74) is 5.47. The van der Waals surface area contributed by atoms with Gasteiger partial charge < -0.3 is 23.4 Å². The summed E-state index contributed by atoms with van der Waals surface area (Å²) >= 11 is 0. The number of nitrogens with two attached hydrogens (primary N) is 1. The van der Waals surface area contributed by atoms with Crippen LogP contribution >= 0.6 is 0 Å². The number of hydrogen-bond donors (Lipinski definition) is 1. The van der Waals surface area contributed by atoms with Crippen LogP contribution in [0.4, 0.5) is 0 Å². The van der Waals surface area contributed by atoms with Crippen LogP contribution in [0.2, 0.25) is 6.04 Å². The van der Waals surface area contributed by atoms with Crippen molar-refractivity contribution in [1.82, 2.24) is 0 Å². The molecule has 0 aliphatic heterocycles. The van der Waals surface area contributed by atoms with E-state index in [0.29, 0.717) is 19.8 Å². The Hall–Kier alpha value is 0.234. The van der Waals surface area contributed by atoms with E-state index in [4.69, 9.17) is 19.0 Å². The van der Waals surface area contributed by atoms with E-state index in [9.17, 15) is 0 Å². The summed E-state index contributed by atoms with van der Waals surface area (Å²) in [6.07, 6.45) is 2.02. The highest BCUT2D eigenvalue weighted by atomic mass is 28.4. The minimum Gasteiger partial charge on any atom is -0.428 e. The third kappa shape index (κ3) is 13.0. The lowest BCUT2D eigenvalue weighted by atomic mass is 10.3. The lowest BCUT2D eigenvalue weighted by Gasteiger charge is -2.28.